The Morgan fingerprint density at radius 3 is 2.30 bits per heavy atom. The zero-order valence-corrected chi connectivity index (χ0v) is 20.7. The van der Waals surface area contributed by atoms with Crippen LogP contribution in [-0.2, 0) is 11.8 Å². The van der Waals surface area contributed by atoms with Crippen molar-refractivity contribution >= 4 is 39.0 Å². The lowest BCUT2D eigenvalue weighted by Crippen LogP contribution is -2.62. The van der Waals surface area contributed by atoms with Crippen LogP contribution in [0.25, 0.3) is 21.9 Å². The van der Waals surface area contributed by atoms with Gasteiger partial charge in [0.25, 0.3) is 0 Å². The molecule has 3 heterocycles. The molecule has 0 fully saturated rings. The van der Waals surface area contributed by atoms with Crippen LogP contribution in [0.1, 0.15) is 58.6 Å². The van der Waals surface area contributed by atoms with Crippen molar-refractivity contribution in [3.05, 3.63) is 65.7 Å². The molecule has 3 aromatic carbocycles. The smallest absolute Gasteiger partial charge is 0.159 e. The van der Waals surface area contributed by atoms with E-state index in [1.807, 2.05) is 0 Å². The van der Waals surface area contributed by atoms with E-state index in [2.05, 4.69) is 106 Å². The zero-order valence-electron chi connectivity index (χ0n) is 20.7. The lowest BCUT2D eigenvalue weighted by Gasteiger charge is -2.58. The van der Waals surface area contributed by atoms with Crippen molar-refractivity contribution in [3.63, 3.8) is 0 Å². The topological polar surface area (TPSA) is 19.6 Å². The molecule has 2 aliphatic rings. The molecule has 0 N–H and O–H groups in total. The number of aryl methyl sites for hydroxylation is 1. The highest BCUT2D eigenvalue weighted by atomic mass is 16.3. The molecule has 0 amide bonds. The van der Waals surface area contributed by atoms with E-state index in [4.69, 9.17) is 4.42 Å². The van der Waals surface area contributed by atoms with Gasteiger partial charge in [0.1, 0.15) is 11.7 Å². The number of anilines is 3. The van der Waals surface area contributed by atoms with Gasteiger partial charge >= 0.3 is 0 Å². The second kappa shape index (κ2) is 6.79. The molecule has 6 rings (SSSR count). The SMILES string of the molecule is CCc1ccc2c(c1)oc1c3c(ccc12)C(C)(CC)C(C)(CC)C1N(C)c2ccccc2N31. The van der Waals surface area contributed by atoms with Crippen molar-refractivity contribution < 1.29 is 4.42 Å². The largest absolute Gasteiger partial charge is 0.454 e. The van der Waals surface area contributed by atoms with E-state index in [0.29, 0.717) is 0 Å². The van der Waals surface area contributed by atoms with Gasteiger partial charge in [-0.2, -0.15) is 0 Å². The highest BCUT2D eigenvalue weighted by molar-refractivity contribution is 6.11. The summed E-state index contributed by atoms with van der Waals surface area (Å²) in [6, 6.07) is 20.3. The van der Waals surface area contributed by atoms with Crippen LogP contribution < -0.4 is 9.80 Å². The molecule has 0 saturated heterocycles. The lowest BCUT2D eigenvalue weighted by molar-refractivity contribution is 0.0946. The molecule has 3 atom stereocenters. The number of rotatable bonds is 3. The Bertz CT molecular complexity index is 1400. The molecule has 0 radical (unpaired) electrons. The quantitative estimate of drug-likeness (QED) is 0.322. The summed E-state index contributed by atoms with van der Waals surface area (Å²) in [7, 11) is 2.27. The van der Waals surface area contributed by atoms with E-state index in [-0.39, 0.29) is 17.0 Å². The molecular formula is C30H34N2O. The van der Waals surface area contributed by atoms with Crippen molar-refractivity contribution in [2.75, 3.05) is 16.8 Å². The molecule has 4 aromatic rings. The molecule has 0 spiro atoms. The number of nitrogens with zero attached hydrogens (tertiary/aromatic N) is 2. The third-order valence-corrected chi connectivity index (χ3v) is 9.33. The molecule has 0 aliphatic carbocycles. The summed E-state index contributed by atoms with van der Waals surface area (Å²) in [4.78, 5) is 5.10. The fourth-order valence-electron chi connectivity index (χ4n) is 6.89. The summed E-state index contributed by atoms with van der Waals surface area (Å²) in [5, 5.41) is 2.43. The second-order valence-corrected chi connectivity index (χ2v) is 10.4. The van der Waals surface area contributed by atoms with Crippen LogP contribution >= 0.6 is 0 Å². The number of furan rings is 1. The Balaban J connectivity index is 1.76. The summed E-state index contributed by atoms with van der Waals surface area (Å²) in [6.45, 7) is 11.9. The van der Waals surface area contributed by atoms with Crippen LogP contribution in [0.3, 0.4) is 0 Å². The van der Waals surface area contributed by atoms with Crippen molar-refractivity contribution in [3.8, 4) is 0 Å². The second-order valence-electron chi connectivity index (χ2n) is 10.4. The fourth-order valence-corrected chi connectivity index (χ4v) is 6.89. The van der Waals surface area contributed by atoms with E-state index >= 15 is 0 Å². The highest BCUT2D eigenvalue weighted by Gasteiger charge is 2.60. The van der Waals surface area contributed by atoms with Gasteiger partial charge in [0.15, 0.2) is 5.58 Å². The summed E-state index contributed by atoms with van der Waals surface area (Å²) in [5.41, 5.74) is 8.70. The minimum atomic E-state index is 0.0241. The van der Waals surface area contributed by atoms with Crippen LogP contribution in [0.5, 0.6) is 0 Å². The number of fused-ring (bicyclic) bond motifs is 9. The molecular weight excluding hydrogens is 404 g/mol. The van der Waals surface area contributed by atoms with Gasteiger partial charge < -0.3 is 14.2 Å². The lowest BCUT2D eigenvalue weighted by atomic mass is 9.55. The third-order valence-electron chi connectivity index (χ3n) is 9.33. The Hall–Kier alpha value is -2.94. The molecule has 3 nitrogen and oxygen atoms in total. The van der Waals surface area contributed by atoms with Crippen LogP contribution in [0.15, 0.2) is 59.0 Å². The van der Waals surface area contributed by atoms with Crippen LogP contribution in [0.4, 0.5) is 17.1 Å². The predicted octanol–water partition coefficient (Wildman–Crippen LogP) is 8.16. The first-order chi connectivity index (χ1) is 15.9. The standard InChI is InChI=1S/C30H34N2O/c1-7-19-14-15-20-21-16-17-22-26(27(21)33-25(20)18-19)32-24-13-11-10-12-23(24)31(6)28(32)30(5,9-3)29(22,4)8-2/h10-18,28H,7-9H2,1-6H3. The summed E-state index contributed by atoms with van der Waals surface area (Å²) < 4.78 is 6.73. The summed E-state index contributed by atoms with van der Waals surface area (Å²) >= 11 is 0. The van der Waals surface area contributed by atoms with Gasteiger partial charge in [-0.1, -0.05) is 71.0 Å². The molecule has 2 aliphatic heterocycles. The Morgan fingerprint density at radius 2 is 1.61 bits per heavy atom. The van der Waals surface area contributed by atoms with Gasteiger partial charge in [0, 0.05) is 28.7 Å². The van der Waals surface area contributed by atoms with Crippen LogP contribution in [0, 0.1) is 5.41 Å². The van der Waals surface area contributed by atoms with Gasteiger partial charge in [-0.05, 0) is 48.6 Å². The maximum absolute atomic E-state index is 6.73. The molecule has 0 bridgehead atoms. The summed E-state index contributed by atoms with van der Waals surface area (Å²) in [5.74, 6) is 0. The Kier molecular flexibility index (Phi) is 4.25. The molecule has 0 saturated carbocycles. The normalized spacial score (nSPS) is 26.1. The first-order valence-electron chi connectivity index (χ1n) is 12.5. The molecule has 170 valence electrons. The zero-order chi connectivity index (χ0) is 23.1. The maximum atomic E-state index is 6.73. The van der Waals surface area contributed by atoms with Gasteiger partial charge in [-0.15, -0.1) is 0 Å². The first-order valence-corrected chi connectivity index (χ1v) is 12.5. The van der Waals surface area contributed by atoms with E-state index in [1.165, 1.54) is 39.0 Å². The minimum absolute atomic E-state index is 0.0241. The third kappa shape index (κ3) is 2.35. The number of para-hydroxylation sites is 2. The first kappa shape index (κ1) is 20.7. The number of hydrogen-bond donors (Lipinski definition) is 0. The van der Waals surface area contributed by atoms with Gasteiger partial charge in [0.05, 0.1) is 17.1 Å². The van der Waals surface area contributed by atoms with E-state index in [0.717, 1.165) is 30.4 Å². The van der Waals surface area contributed by atoms with Crippen LogP contribution in [0.2, 0.25) is 0 Å². The van der Waals surface area contributed by atoms with Gasteiger partial charge in [0.2, 0.25) is 0 Å². The maximum Gasteiger partial charge on any atom is 0.159 e. The van der Waals surface area contributed by atoms with Crippen molar-refractivity contribution in [1.29, 1.82) is 0 Å². The molecule has 1 aromatic heterocycles. The monoisotopic (exact) mass is 438 g/mol. The number of hydrogen-bond acceptors (Lipinski definition) is 3. The van der Waals surface area contributed by atoms with Gasteiger partial charge in [-0.3, -0.25) is 0 Å². The van der Waals surface area contributed by atoms with Crippen molar-refractivity contribution in [1.82, 2.24) is 0 Å². The van der Waals surface area contributed by atoms with E-state index in [9.17, 15) is 0 Å². The van der Waals surface area contributed by atoms with Crippen LogP contribution in [-0.4, -0.2) is 13.2 Å². The van der Waals surface area contributed by atoms with Crippen molar-refractivity contribution in [2.24, 2.45) is 5.41 Å². The van der Waals surface area contributed by atoms with Gasteiger partial charge in [-0.25, -0.2) is 0 Å². The predicted molar refractivity (Wildman–Crippen MR) is 140 cm³/mol. The highest BCUT2D eigenvalue weighted by Crippen LogP contribution is 2.64. The fraction of sp³-hybridized carbons (Fsp3) is 0.400. The Morgan fingerprint density at radius 1 is 0.879 bits per heavy atom. The minimum Gasteiger partial charge on any atom is -0.454 e. The molecule has 3 heteroatoms. The molecule has 3 unspecified atom stereocenters. The average Bonchev–Trinajstić information content (AvgIpc) is 3.37. The Labute approximate surface area is 197 Å². The van der Waals surface area contributed by atoms with E-state index in [1.54, 1.807) is 0 Å². The van der Waals surface area contributed by atoms with Crippen molar-refractivity contribution in [2.45, 2.75) is 65.5 Å². The summed E-state index contributed by atoms with van der Waals surface area (Å²) in [6.07, 6.45) is 3.45. The average molecular weight is 439 g/mol. The number of benzene rings is 3. The molecule has 33 heavy (non-hydrogen) atoms. The van der Waals surface area contributed by atoms with E-state index < -0.39 is 0 Å².